The molecule has 9 heteroatoms. The van der Waals surface area contributed by atoms with Crippen LogP contribution in [-0.4, -0.2) is 51.1 Å². The van der Waals surface area contributed by atoms with Crippen LogP contribution in [-0.2, 0) is 16.6 Å². The van der Waals surface area contributed by atoms with Crippen LogP contribution in [0.4, 0.5) is 0 Å². The summed E-state index contributed by atoms with van der Waals surface area (Å²) in [6, 6.07) is 7.59. The summed E-state index contributed by atoms with van der Waals surface area (Å²) in [4.78, 5) is 4.12. The molecule has 2 N–H and O–H groups in total. The summed E-state index contributed by atoms with van der Waals surface area (Å²) in [6.45, 7) is 2.19. The number of rotatable bonds is 5. The normalized spacial score (nSPS) is 17.6. The quantitative estimate of drug-likeness (QED) is 0.388. The van der Waals surface area contributed by atoms with Gasteiger partial charge in [-0.25, -0.2) is 12.7 Å². The molecule has 1 aliphatic rings. The highest BCUT2D eigenvalue weighted by molar-refractivity contribution is 14.0. The minimum atomic E-state index is -3.03. The van der Waals surface area contributed by atoms with Gasteiger partial charge in [-0.1, -0.05) is 23.7 Å². The number of hydrogen-bond donors (Lipinski definition) is 2. The van der Waals surface area contributed by atoms with E-state index in [1.165, 1.54) is 4.31 Å². The van der Waals surface area contributed by atoms with E-state index in [0.717, 1.165) is 5.56 Å². The highest BCUT2D eigenvalue weighted by atomic mass is 127. The molecule has 0 bridgehead atoms. The molecule has 2 rings (SSSR count). The number of nitrogens with one attached hydrogen (secondary N) is 2. The molecule has 0 amide bonds. The minimum Gasteiger partial charge on any atom is -0.355 e. The first kappa shape index (κ1) is 20.5. The van der Waals surface area contributed by atoms with Crippen molar-refractivity contribution in [3.05, 3.63) is 34.9 Å². The fraction of sp³-hybridized carbons (Fsp3) is 0.500. The lowest BCUT2D eigenvalue weighted by Crippen LogP contribution is -2.41. The van der Waals surface area contributed by atoms with Crippen molar-refractivity contribution >= 4 is 51.6 Å². The van der Waals surface area contributed by atoms with Gasteiger partial charge in [0.15, 0.2) is 5.96 Å². The van der Waals surface area contributed by atoms with Crippen LogP contribution in [0.5, 0.6) is 0 Å². The van der Waals surface area contributed by atoms with E-state index >= 15 is 0 Å². The second-order valence-corrected chi connectivity index (χ2v) is 7.58. The molecule has 0 aliphatic carbocycles. The number of hydrogen-bond acceptors (Lipinski definition) is 3. The number of aliphatic imine (C=N–C) groups is 1. The molecule has 1 aromatic rings. The van der Waals surface area contributed by atoms with Gasteiger partial charge in [-0.2, -0.15) is 0 Å². The van der Waals surface area contributed by atoms with Crippen LogP contribution in [0, 0.1) is 0 Å². The number of sulfonamides is 1. The van der Waals surface area contributed by atoms with Gasteiger partial charge in [-0.05, 0) is 24.1 Å². The first-order chi connectivity index (χ1) is 10.5. The average Bonchev–Trinajstić information content (AvgIpc) is 2.81. The monoisotopic (exact) mass is 472 g/mol. The van der Waals surface area contributed by atoms with Gasteiger partial charge in [0.05, 0.1) is 5.75 Å². The average molecular weight is 473 g/mol. The Hall–Kier alpha value is -0.580. The number of nitrogens with zero attached hydrogens (tertiary/aromatic N) is 2. The van der Waals surface area contributed by atoms with Gasteiger partial charge < -0.3 is 10.6 Å². The van der Waals surface area contributed by atoms with Crippen LogP contribution < -0.4 is 10.6 Å². The highest BCUT2D eigenvalue weighted by Gasteiger charge is 2.27. The molecule has 6 nitrogen and oxygen atoms in total. The molecule has 1 heterocycles. The van der Waals surface area contributed by atoms with Gasteiger partial charge >= 0.3 is 0 Å². The van der Waals surface area contributed by atoms with Gasteiger partial charge in [-0.3, -0.25) is 4.99 Å². The molecule has 1 saturated heterocycles. The maximum absolute atomic E-state index is 11.7. The van der Waals surface area contributed by atoms with Crippen molar-refractivity contribution in [1.29, 1.82) is 0 Å². The summed E-state index contributed by atoms with van der Waals surface area (Å²) in [7, 11) is -1.35. The Bertz CT molecular complexity index is 639. The van der Waals surface area contributed by atoms with E-state index in [-0.39, 0.29) is 29.7 Å². The number of benzene rings is 1. The van der Waals surface area contributed by atoms with E-state index < -0.39 is 10.0 Å². The Morgan fingerprint density at radius 1 is 1.39 bits per heavy atom. The Morgan fingerprint density at radius 3 is 2.78 bits per heavy atom. The second kappa shape index (κ2) is 9.65. The van der Waals surface area contributed by atoms with Crippen molar-refractivity contribution in [3.8, 4) is 0 Å². The van der Waals surface area contributed by atoms with Crippen molar-refractivity contribution in [2.24, 2.45) is 4.99 Å². The predicted octanol–water partition coefficient (Wildman–Crippen LogP) is 1.66. The lowest BCUT2D eigenvalue weighted by atomic mass is 10.2. The molecule has 0 radical (unpaired) electrons. The SMILES string of the molecule is CN=C(NCCN1CCCS1(=O)=O)NCc1cccc(Cl)c1.I. The molecule has 0 unspecified atom stereocenters. The standard InChI is InChI=1S/C14H21ClN4O2S.HI/c1-16-14(18-11-12-4-2-5-13(15)10-12)17-6-8-19-7-3-9-22(19,20)21;/h2,4-5,10H,3,6-9,11H2,1H3,(H2,16,17,18);1H. The molecular formula is C14H22ClIN4O2S. The zero-order chi connectivity index (χ0) is 16.0. The van der Waals surface area contributed by atoms with Crippen molar-refractivity contribution in [2.75, 3.05) is 32.4 Å². The van der Waals surface area contributed by atoms with E-state index in [2.05, 4.69) is 15.6 Å². The summed E-state index contributed by atoms with van der Waals surface area (Å²) in [5.74, 6) is 0.894. The van der Waals surface area contributed by atoms with Crippen LogP contribution in [0.15, 0.2) is 29.3 Å². The Balaban J connectivity index is 0.00000264. The smallest absolute Gasteiger partial charge is 0.214 e. The Labute approximate surface area is 159 Å². The third kappa shape index (κ3) is 6.44. The van der Waals surface area contributed by atoms with E-state index in [4.69, 9.17) is 11.6 Å². The maximum Gasteiger partial charge on any atom is 0.214 e. The van der Waals surface area contributed by atoms with Crippen molar-refractivity contribution in [1.82, 2.24) is 14.9 Å². The molecule has 1 aromatic carbocycles. The molecule has 23 heavy (non-hydrogen) atoms. The first-order valence-electron chi connectivity index (χ1n) is 7.18. The fourth-order valence-electron chi connectivity index (χ4n) is 2.29. The molecule has 130 valence electrons. The third-order valence-corrected chi connectivity index (χ3v) is 5.62. The maximum atomic E-state index is 11.7. The van der Waals surface area contributed by atoms with Crippen LogP contribution in [0.2, 0.25) is 5.02 Å². The summed E-state index contributed by atoms with van der Waals surface area (Å²) < 4.78 is 24.9. The van der Waals surface area contributed by atoms with Crippen LogP contribution in [0.3, 0.4) is 0 Å². The molecule has 1 fully saturated rings. The fourth-order valence-corrected chi connectivity index (χ4v) is 4.04. The minimum absolute atomic E-state index is 0. The van der Waals surface area contributed by atoms with Crippen LogP contribution >= 0.6 is 35.6 Å². The first-order valence-corrected chi connectivity index (χ1v) is 9.17. The number of halogens is 2. The van der Waals surface area contributed by atoms with Gasteiger partial charge in [0.25, 0.3) is 0 Å². The topological polar surface area (TPSA) is 73.8 Å². The Morgan fingerprint density at radius 2 is 2.17 bits per heavy atom. The summed E-state index contributed by atoms with van der Waals surface area (Å²) >= 11 is 5.94. The largest absolute Gasteiger partial charge is 0.355 e. The molecular weight excluding hydrogens is 451 g/mol. The molecule has 0 aromatic heterocycles. The Kier molecular flexibility index (Phi) is 8.59. The van der Waals surface area contributed by atoms with E-state index in [1.807, 2.05) is 24.3 Å². The van der Waals surface area contributed by atoms with Gasteiger partial charge in [-0.15, -0.1) is 24.0 Å². The van der Waals surface area contributed by atoms with Gasteiger partial charge in [0.1, 0.15) is 0 Å². The van der Waals surface area contributed by atoms with Gasteiger partial charge in [0.2, 0.25) is 10.0 Å². The lowest BCUT2D eigenvalue weighted by molar-refractivity contribution is 0.445. The van der Waals surface area contributed by atoms with Crippen LogP contribution in [0.1, 0.15) is 12.0 Å². The van der Waals surface area contributed by atoms with Crippen molar-refractivity contribution in [2.45, 2.75) is 13.0 Å². The summed E-state index contributed by atoms with van der Waals surface area (Å²) in [5.41, 5.74) is 1.05. The molecule has 0 atom stereocenters. The summed E-state index contributed by atoms with van der Waals surface area (Å²) in [5, 5.41) is 6.99. The highest BCUT2D eigenvalue weighted by Crippen LogP contribution is 2.12. The van der Waals surface area contributed by atoms with E-state index in [0.29, 0.717) is 43.6 Å². The van der Waals surface area contributed by atoms with Crippen molar-refractivity contribution in [3.63, 3.8) is 0 Å². The van der Waals surface area contributed by atoms with E-state index in [9.17, 15) is 8.42 Å². The second-order valence-electron chi connectivity index (χ2n) is 5.05. The zero-order valence-electron chi connectivity index (χ0n) is 13.0. The van der Waals surface area contributed by atoms with E-state index in [1.54, 1.807) is 7.05 Å². The lowest BCUT2D eigenvalue weighted by Gasteiger charge is -2.16. The van der Waals surface area contributed by atoms with Crippen molar-refractivity contribution < 1.29 is 8.42 Å². The molecule has 0 spiro atoms. The third-order valence-electron chi connectivity index (χ3n) is 3.43. The summed E-state index contributed by atoms with van der Waals surface area (Å²) in [6.07, 6.45) is 0.712. The zero-order valence-corrected chi connectivity index (χ0v) is 16.9. The molecule has 0 saturated carbocycles. The van der Waals surface area contributed by atoms with Gasteiger partial charge in [0, 0.05) is 38.2 Å². The predicted molar refractivity (Wildman–Crippen MR) is 105 cm³/mol. The molecule has 1 aliphatic heterocycles. The van der Waals surface area contributed by atoms with Crippen LogP contribution in [0.25, 0.3) is 0 Å². The number of guanidine groups is 1.